The Morgan fingerprint density at radius 1 is 1.16 bits per heavy atom. The van der Waals surface area contributed by atoms with E-state index in [0.717, 1.165) is 36.0 Å². The van der Waals surface area contributed by atoms with Crippen LogP contribution in [0.15, 0.2) is 67.1 Å². The lowest BCUT2D eigenvalue weighted by molar-refractivity contribution is 0.0785. The molecule has 166 valence electrons. The topological polar surface area (TPSA) is 78.4 Å². The number of rotatable bonds is 7. The van der Waals surface area contributed by atoms with Crippen molar-refractivity contribution in [3.8, 4) is 0 Å². The van der Waals surface area contributed by atoms with Crippen LogP contribution in [-0.2, 0) is 13.0 Å². The van der Waals surface area contributed by atoms with Crippen molar-refractivity contribution in [3.63, 3.8) is 0 Å². The summed E-state index contributed by atoms with van der Waals surface area (Å²) in [5.41, 5.74) is 3.60. The molecule has 1 aliphatic heterocycles. The first kappa shape index (κ1) is 22.4. The molecule has 1 saturated heterocycles. The molecule has 32 heavy (non-hydrogen) atoms. The summed E-state index contributed by atoms with van der Waals surface area (Å²) in [6.45, 7) is 0.521. The van der Waals surface area contributed by atoms with Crippen molar-refractivity contribution in [2.45, 2.75) is 44.0 Å². The van der Waals surface area contributed by atoms with Crippen LogP contribution >= 0.6 is 11.6 Å². The Labute approximate surface area is 193 Å². The van der Waals surface area contributed by atoms with Crippen LogP contribution in [0.2, 0.25) is 5.15 Å². The molecular formula is C25H27ClN4O2. The highest BCUT2D eigenvalue weighted by Crippen LogP contribution is 2.27. The molecule has 7 heteroatoms. The highest BCUT2D eigenvalue weighted by Gasteiger charge is 2.30. The number of nitrogens with one attached hydrogen (secondary N) is 1. The molecule has 0 spiro atoms. The largest absolute Gasteiger partial charge is 0.387 e. The highest BCUT2D eigenvalue weighted by molar-refractivity contribution is 6.29. The molecule has 3 atom stereocenters. The lowest BCUT2D eigenvalue weighted by atomic mass is 10.0. The number of aliphatic hydroxyl groups is 1. The predicted molar refractivity (Wildman–Crippen MR) is 124 cm³/mol. The van der Waals surface area contributed by atoms with Crippen molar-refractivity contribution in [1.82, 2.24) is 20.2 Å². The summed E-state index contributed by atoms with van der Waals surface area (Å²) in [5, 5.41) is 14.6. The smallest absolute Gasteiger partial charge is 0.253 e. The van der Waals surface area contributed by atoms with Gasteiger partial charge in [0.25, 0.3) is 5.91 Å². The van der Waals surface area contributed by atoms with Crippen molar-refractivity contribution >= 4 is 17.5 Å². The van der Waals surface area contributed by atoms with Crippen LogP contribution in [0.25, 0.3) is 0 Å². The van der Waals surface area contributed by atoms with Gasteiger partial charge in [-0.2, -0.15) is 0 Å². The fourth-order valence-corrected chi connectivity index (χ4v) is 4.29. The number of aromatic nitrogens is 2. The molecule has 1 fully saturated rings. The first-order valence-corrected chi connectivity index (χ1v) is 11.2. The Balaban J connectivity index is 1.31. The van der Waals surface area contributed by atoms with E-state index < -0.39 is 6.10 Å². The Morgan fingerprint density at radius 2 is 1.97 bits per heavy atom. The second kappa shape index (κ2) is 10.2. The van der Waals surface area contributed by atoms with E-state index in [1.54, 1.807) is 36.6 Å². The van der Waals surface area contributed by atoms with Gasteiger partial charge >= 0.3 is 0 Å². The van der Waals surface area contributed by atoms with Crippen molar-refractivity contribution in [2.75, 3.05) is 7.05 Å². The SMILES string of the molecule is CN(Cc1cccnc1)C(=O)c1ccc(C[C@@H]2CC[C@H]([C@H](O)c3ccc(Cl)nc3)N2)cc1. The van der Waals surface area contributed by atoms with Gasteiger partial charge in [-0.3, -0.25) is 9.78 Å². The molecule has 3 heterocycles. The molecule has 2 aromatic heterocycles. The number of pyridine rings is 2. The standard InChI is InChI=1S/C25H27ClN4O2/c1-30(16-18-3-2-12-27-14-18)25(32)19-6-4-17(5-7-19)13-21-9-10-22(29-21)24(31)20-8-11-23(26)28-15-20/h2-8,11-12,14-15,21-22,24,29,31H,9-10,13,16H2,1H3/t21-,22+,24+/m0/s1. The molecule has 1 aromatic carbocycles. The molecule has 2 N–H and O–H groups in total. The zero-order chi connectivity index (χ0) is 22.5. The third-order valence-corrected chi connectivity index (χ3v) is 6.14. The van der Waals surface area contributed by atoms with E-state index in [1.165, 1.54) is 0 Å². The van der Waals surface area contributed by atoms with Crippen molar-refractivity contribution in [3.05, 3.63) is 94.5 Å². The van der Waals surface area contributed by atoms with Crippen LogP contribution in [0, 0.1) is 0 Å². The lowest BCUT2D eigenvalue weighted by Gasteiger charge is -2.20. The van der Waals surface area contributed by atoms with Gasteiger partial charge in [0.05, 0.1) is 6.10 Å². The number of aliphatic hydroxyl groups excluding tert-OH is 1. The van der Waals surface area contributed by atoms with E-state index in [2.05, 4.69) is 15.3 Å². The molecule has 6 nitrogen and oxygen atoms in total. The quantitative estimate of drug-likeness (QED) is 0.535. The zero-order valence-electron chi connectivity index (χ0n) is 18.0. The van der Waals surface area contributed by atoms with Gasteiger partial charge in [0.15, 0.2) is 0 Å². The minimum absolute atomic E-state index is 0.00930. The van der Waals surface area contributed by atoms with Crippen LogP contribution in [0.3, 0.4) is 0 Å². The molecule has 1 amide bonds. The Hall–Kier alpha value is -2.80. The minimum atomic E-state index is -0.611. The van der Waals surface area contributed by atoms with E-state index in [9.17, 15) is 9.90 Å². The molecule has 0 aliphatic carbocycles. The molecule has 4 rings (SSSR count). The summed E-state index contributed by atoms with van der Waals surface area (Å²) < 4.78 is 0. The maximum atomic E-state index is 12.7. The van der Waals surface area contributed by atoms with Crippen molar-refractivity contribution in [1.29, 1.82) is 0 Å². The Morgan fingerprint density at radius 3 is 2.66 bits per heavy atom. The summed E-state index contributed by atoms with van der Waals surface area (Å²) in [4.78, 5) is 22.6. The van der Waals surface area contributed by atoms with Crippen molar-refractivity contribution < 1.29 is 9.90 Å². The zero-order valence-corrected chi connectivity index (χ0v) is 18.7. The monoisotopic (exact) mass is 450 g/mol. The van der Waals surface area contributed by atoms with Gasteiger partial charge < -0.3 is 15.3 Å². The molecule has 0 saturated carbocycles. The summed E-state index contributed by atoms with van der Waals surface area (Å²) in [7, 11) is 1.80. The highest BCUT2D eigenvalue weighted by atomic mass is 35.5. The van der Waals surface area contributed by atoms with Crippen LogP contribution in [0.5, 0.6) is 0 Å². The number of carbonyl (C=O) groups excluding carboxylic acids is 1. The summed E-state index contributed by atoms with van der Waals surface area (Å²) in [6, 6.07) is 15.4. The number of amides is 1. The normalized spacial score (nSPS) is 19.0. The number of carbonyl (C=O) groups is 1. The second-order valence-corrected chi connectivity index (χ2v) is 8.72. The van der Waals surface area contributed by atoms with Gasteiger partial charge in [0.1, 0.15) is 5.15 Å². The molecule has 1 aliphatic rings. The number of benzene rings is 1. The molecule has 0 radical (unpaired) electrons. The Bertz CT molecular complexity index is 1030. The van der Waals surface area contributed by atoms with Crippen molar-refractivity contribution in [2.24, 2.45) is 0 Å². The van der Waals surface area contributed by atoms with Gasteiger partial charge in [0.2, 0.25) is 0 Å². The molecular weight excluding hydrogens is 424 g/mol. The van der Waals surface area contributed by atoms with E-state index in [4.69, 9.17) is 11.6 Å². The second-order valence-electron chi connectivity index (χ2n) is 8.33. The number of nitrogens with zero attached hydrogens (tertiary/aromatic N) is 3. The van der Waals surface area contributed by atoms with Gasteiger partial charge in [-0.15, -0.1) is 0 Å². The van der Waals surface area contributed by atoms with Crippen LogP contribution in [0.1, 0.15) is 46.0 Å². The molecule has 0 bridgehead atoms. The van der Waals surface area contributed by atoms with Crippen LogP contribution in [0.4, 0.5) is 0 Å². The number of hydrogen-bond donors (Lipinski definition) is 2. The third kappa shape index (κ3) is 5.51. The van der Waals surface area contributed by atoms with E-state index in [1.807, 2.05) is 42.5 Å². The maximum Gasteiger partial charge on any atom is 0.253 e. The summed E-state index contributed by atoms with van der Waals surface area (Å²) >= 11 is 5.84. The number of halogens is 1. The number of hydrogen-bond acceptors (Lipinski definition) is 5. The van der Waals surface area contributed by atoms with Crippen LogP contribution < -0.4 is 5.32 Å². The van der Waals surface area contributed by atoms with E-state index in [-0.39, 0.29) is 18.0 Å². The first-order chi connectivity index (χ1) is 15.5. The first-order valence-electron chi connectivity index (χ1n) is 10.8. The van der Waals surface area contributed by atoms with Gasteiger partial charge in [-0.05, 0) is 54.7 Å². The van der Waals surface area contributed by atoms with Gasteiger partial charge in [0, 0.05) is 55.4 Å². The summed E-state index contributed by atoms with van der Waals surface area (Å²) in [6.07, 6.45) is 7.24. The molecule has 0 unspecified atom stereocenters. The predicted octanol–water partition coefficient (Wildman–Crippen LogP) is 3.80. The average Bonchev–Trinajstić information content (AvgIpc) is 3.28. The average molecular weight is 451 g/mol. The summed E-state index contributed by atoms with van der Waals surface area (Å²) in [5.74, 6) is -0.0147. The Kier molecular flexibility index (Phi) is 7.15. The fraction of sp³-hybridized carbons (Fsp3) is 0.320. The van der Waals surface area contributed by atoms with Gasteiger partial charge in [-0.1, -0.05) is 35.9 Å². The van der Waals surface area contributed by atoms with E-state index >= 15 is 0 Å². The molecule has 3 aromatic rings. The van der Waals surface area contributed by atoms with Gasteiger partial charge in [-0.25, -0.2) is 4.98 Å². The van der Waals surface area contributed by atoms with Crippen LogP contribution in [-0.4, -0.2) is 45.0 Å². The third-order valence-electron chi connectivity index (χ3n) is 5.92. The fourth-order valence-electron chi connectivity index (χ4n) is 4.18. The van der Waals surface area contributed by atoms with E-state index in [0.29, 0.717) is 17.3 Å². The minimum Gasteiger partial charge on any atom is -0.387 e. The lowest BCUT2D eigenvalue weighted by Crippen LogP contribution is -2.35. The maximum absolute atomic E-state index is 12.7.